The maximum Gasteiger partial charge on any atom is 0.249 e. The Kier molecular flexibility index (Phi) is 26.9. The number of ether oxygens (including phenoxy) is 8. The first-order valence-corrected chi connectivity index (χ1v) is 39.7. The molecule has 1 aliphatic carbocycles. The molecule has 20 heteroatoms. The minimum Gasteiger partial charge on any atom is -1.00 e. The highest BCUT2D eigenvalue weighted by atomic mass is 79.9. The van der Waals surface area contributed by atoms with Gasteiger partial charge in [-0.25, -0.2) is 36.5 Å². The summed E-state index contributed by atoms with van der Waals surface area (Å²) >= 11 is 0. The van der Waals surface area contributed by atoms with Gasteiger partial charge < -0.3 is 106 Å². The van der Waals surface area contributed by atoms with Crippen molar-refractivity contribution in [2.75, 3.05) is 27.2 Å². The largest absolute Gasteiger partial charge is 1.00 e. The average Bonchev–Trinajstić information content (AvgIpc) is 0.837. The number of unbranched alkanes of at least 4 members (excludes halogenated alkanes) is 8. The van der Waals surface area contributed by atoms with E-state index in [2.05, 4.69) is 285 Å². The van der Waals surface area contributed by atoms with E-state index >= 15 is 0 Å². The molecular weight excluding hydrogens is 1660 g/mol. The van der Waals surface area contributed by atoms with Crippen LogP contribution in [0.25, 0.3) is 22.7 Å². The molecule has 112 heavy (non-hydrogen) atoms. The molecule has 12 aromatic rings. The predicted molar refractivity (Wildman–Crippen MR) is 414 cm³/mol. The van der Waals surface area contributed by atoms with Gasteiger partial charge in [0.05, 0.1) is 22.3 Å². The molecule has 17 rings (SSSR count). The molecule has 0 saturated carbocycles. The summed E-state index contributed by atoms with van der Waals surface area (Å²) in [7, 11) is 0. The Balaban J connectivity index is 0.00000275. The number of benzene rings is 8. The van der Waals surface area contributed by atoms with Crippen LogP contribution < -0.4 is 124 Å². The van der Waals surface area contributed by atoms with E-state index in [4.69, 9.17) is 37.9 Å². The number of rotatable bonds is 28. The van der Waals surface area contributed by atoms with E-state index in [1.807, 2.05) is 0 Å². The zero-order valence-corrected chi connectivity index (χ0v) is 70.8. The number of imidazole rings is 4. The molecular formula is C92H100Br4N8O8. The SMILES string of the molecule is CCCCCC1c2cc3c4c(C[n+]5ccn(-c6ccccc6)c5)c2OCOc2c1cc1c(c2C[n+]2ccn(-c5ccccc5)c2)OCOc2c(cc5c(c2C[n+]2ccn(-c6ccccc6)c2)OCOc2c(cc(c(c2C[n+]2ccn(-c6ccccc6)c2)OCO4)C3CCCCC)C5CCCCC)C1CCCCC.[Br-].[Br-].[Br-].[Br-]. The summed E-state index contributed by atoms with van der Waals surface area (Å²) in [6, 6.07) is 52.4. The summed E-state index contributed by atoms with van der Waals surface area (Å²) in [5, 5.41) is 0. The topological polar surface area (TPSA) is 109 Å². The molecule has 0 amide bonds. The smallest absolute Gasteiger partial charge is 0.249 e. The van der Waals surface area contributed by atoms with Gasteiger partial charge in [-0.15, -0.1) is 0 Å². The van der Waals surface area contributed by atoms with Gasteiger partial charge in [-0.2, -0.15) is 0 Å². The number of para-hydroxylation sites is 4. The molecule has 4 aliphatic heterocycles. The van der Waals surface area contributed by atoms with Crippen LogP contribution in [-0.4, -0.2) is 45.4 Å². The van der Waals surface area contributed by atoms with E-state index in [-0.39, 0.29) is 119 Å². The first-order chi connectivity index (χ1) is 53.4. The van der Waals surface area contributed by atoms with Crippen molar-refractivity contribution < 1.29 is 124 Å². The molecule has 0 saturated heterocycles. The van der Waals surface area contributed by atoms with Crippen LogP contribution in [0.15, 0.2) is 220 Å². The lowest BCUT2D eigenvalue weighted by Gasteiger charge is -2.37. The van der Waals surface area contributed by atoms with Crippen molar-refractivity contribution in [1.29, 1.82) is 0 Å². The summed E-state index contributed by atoms with van der Waals surface area (Å²) in [4.78, 5) is 0. The average molecular weight is 1770 g/mol. The Morgan fingerprint density at radius 3 is 0.634 bits per heavy atom. The van der Waals surface area contributed by atoms with Crippen molar-refractivity contribution in [1.82, 2.24) is 18.3 Å². The molecule has 584 valence electrons. The standard InChI is InChI=1S/C92H100N8O8.4BrH/c1-5-9-17-37-69-73-49-75-70(38-18-10-6-2)77-51-79-72(40-20-12-8-4)80-52-78-71(39-19-11-7-3)76-50-74(69)86-82(54-94-42-46-98(58-94)66-31-23-14-24-32-66)88(76)104-63-106-90(78)84(56-96-44-48-100(60-96)68-35-27-16-28-36-68)92(80)108-64-107-91(79)83(55-95-43-47-99(59-95)67-33-25-15-26-34-67)89(77)105-62-103-87(75)81(85(73)101-61-102-86)53-93-41-45-97(57-93)65-29-21-13-22-30-65;;;;/h13-16,21-36,41-52,57-60,69-72H,5-12,17-20,37-40,53-56,61-64H2,1-4H3;4*1H/q+4;;;;/p-4. The summed E-state index contributed by atoms with van der Waals surface area (Å²) < 4.78 is 78.0. The van der Waals surface area contributed by atoms with Gasteiger partial charge in [0.2, 0.25) is 52.5 Å². The summed E-state index contributed by atoms with van der Waals surface area (Å²) in [5.74, 6) is 5.42. The van der Waals surface area contributed by atoms with Gasteiger partial charge in [-0.1, -0.05) is 178 Å². The second-order valence-corrected chi connectivity index (χ2v) is 29.9. The van der Waals surface area contributed by atoms with Gasteiger partial charge >= 0.3 is 0 Å². The Morgan fingerprint density at radius 2 is 0.455 bits per heavy atom. The number of aromatic nitrogens is 8. The lowest BCUT2D eigenvalue weighted by atomic mass is 9.74. The molecule has 8 aromatic carbocycles. The van der Waals surface area contributed by atoms with Gasteiger partial charge in [0.15, 0.2) is 0 Å². The van der Waals surface area contributed by atoms with E-state index in [0.29, 0.717) is 26.2 Å². The molecule has 0 unspecified atom stereocenters. The molecule has 8 bridgehead atoms. The molecule has 0 radical (unpaired) electrons. The van der Waals surface area contributed by atoms with Crippen molar-refractivity contribution in [2.45, 2.75) is 180 Å². The van der Waals surface area contributed by atoms with Gasteiger partial charge in [0.25, 0.3) is 0 Å². The van der Waals surface area contributed by atoms with Crippen LogP contribution in [0.5, 0.6) is 46.0 Å². The van der Waals surface area contributed by atoms with Crippen molar-refractivity contribution in [3.8, 4) is 68.7 Å². The fourth-order valence-electron chi connectivity index (χ4n) is 17.6. The highest BCUT2D eigenvalue weighted by Crippen LogP contribution is 2.59. The number of hydrogen-bond donors (Lipinski definition) is 0. The minimum absolute atomic E-state index is 0. The lowest BCUT2D eigenvalue weighted by molar-refractivity contribution is -0.687. The zero-order valence-electron chi connectivity index (χ0n) is 64.4. The maximum atomic E-state index is 7.51. The summed E-state index contributed by atoms with van der Waals surface area (Å²) in [5.41, 5.74) is 17.2. The van der Waals surface area contributed by atoms with E-state index in [1.165, 1.54) is 0 Å². The van der Waals surface area contributed by atoms with Crippen LogP contribution in [0.4, 0.5) is 0 Å². The van der Waals surface area contributed by atoms with E-state index in [1.54, 1.807) is 0 Å². The Labute approximate surface area is 700 Å². The minimum atomic E-state index is -0.219. The van der Waals surface area contributed by atoms with Crippen LogP contribution in [0.1, 0.15) is 221 Å². The van der Waals surface area contributed by atoms with Crippen LogP contribution in [0, 0.1) is 0 Å². The Hall–Kier alpha value is -9.08. The van der Waals surface area contributed by atoms with Gasteiger partial charge in [0.1, 0.15) is 144 Å². The van der Waals surface area contributed by atoms with Crippen LogP contribution in [0.2, 0.25) is 0 Å². The highest BCUT2D eigenvalue weighted by Gasteiger charge is 2.43. The van der Waals surface area contributed by atoms with E-state index < -0.39 is 0 Å². The lowest BCUT2D eigenvalue weighted by Crippen LogP contribution is -3.00. The fraction of sp³-hybridized carbons (Fsp3) is 0.348. The van der Waals surface area contributed by atoms with Crippen molar-refractivity contribution in [3.63, 3.8) is 0 Å². The van der Waals surface area contributed by atoms with Gasteiger partial charge in [0, 0.05) is 68.2 Å². The Morgan fingerprint density at radius 1 is 0.268 bits per heavy atom. The van der Waals surface area contributed by atoms with Crippen LogP contribution in [0.3, 0.4) is 0 Å². The molecule has 8 heterocycles. The van der Waals surface area contributed by atoms with Crippen molar-refractivity contribution >= 4 is 0 Å². The second-order valence-electron chi connectivity index (χ2n) is 29.9. The van der Waals surface area contributed by atoms with Crippen LogP contribution in [-0.2, 0) is 26.2 Å². The fourth-order valence-corrected chi connectivity index (χ4v) is 17.6. The summed E-state index contributed by atoms with van der Waals surface area (Å²) in [6.45, 7) is 10.8. The predicted octanol–water partition coefficient (Wildman–Crippen LogP) is 6.29. The summed E-state index contributed by atoms with van der Waals surface area (Å²) in [6.07, 6.45) is 41.6. The van der Waals surface area contributed by atoms with Gasteiger partial charge in [-0.3, -0.25) is 0 Å². The quantitative estimate of drug-likeness (QED) is 0.0417. The zero-order chi connectivity index (χ0) is 72.9. The third-order valence-corrected chi connectivity index (χ3v) is 22.9. The molecule has 0 fully saturated rings. The first-order valence-electron chi connectivity index (χ1n) is 39.7. The third kappa shape index (κ3) is 16.5. The molecule has 5 aliphatic rings. The van der Waals surface area contributed by atoms with E-state index in [0.717, 1.165) is 238 Å². The normalized spacial score (nSPS) is 15.8. The maximum absolute atomic E-state index is 7.51. The third-order valence-electron chi connectivity index (χ3n) is 22.9. The molecule has 0 atom stereocenters. The van der Waals surface area contributed by atoms with E-state index in [9.17, 15) is 0 Å². The number of nitrogens with zero attached hydrogens (tertiary/aromatic N) is 8. The molecule has 16 nitrogen and oxygen atoms in total. The number of halogens is 4. The molecule has 0 N–H and O–H groups in total. The van der Waals surface area contributed by atoms with Crippen LogP contribution >= 0.6 is 0 Å². The first kappa shape index (κ1) is 81.0. The highest BCUT2D eigenvalue weighted by molar-refractivity contribution is 5.70. The van der Waals surface area contributed by atoms with Gasteiger partial charge in [-0.05, 0) is 98.5 Å². The second kappa shape index (κ2) is 37.3. The van der Waals surface area contributed by atoms with Crippen molar-refractivity contribution in [2.24, 2.45) is 0 Å². The molecule has 4 aromatic heterocycles. The van der Waals surface area contributed by atoms with Crippen molar-refractivity contribution in [3.05, 3.63) is 287 Å². The number of hydrogen-bond acceptors (Lipinski definition) is 8. The molecule has 0 spiro atoms. The monoisotopic (exact) mass is 1760 g/mol. The Bertz CT molecular complexity index is 4390.